The lowest BCUT2D eigenvalue weighted by molar-refractivity contribution is -0.115. The first kappa shape index (κ1) is 35.7. The molecule has 4 aromatic carbocycles. The van der Waals surface area contributed by atoms with Crippen molar-refractivity contribution in [2.75, 3.05) is 39.1 Å². The zero-order chi connectivity index (χ0) is 34.8. The number of hydrogen-bond donors (Lipinski definition) is 3. The molecule has 4 aromatic rings. The Morgan fingerprint density at radius 3 is 2.00 bits per heavy atom. The second-order valence-corrected chi connectivity index (χ2v) is 12.2. The quantitative estimate of drug-likeness (QED) is 0.0994. The van der Waals surface area contributed by atoms with Gasteiger partial charge in [0, 0.05) is 27.2 Å². The van der Waals surface area contributed by atoms with Gasteiger partial charge in [-0.3, -0.25) is 14.4 Å². The predicted molar refractivity (Wildman–Crippen MR) is 190 cm³/mol. The number of ether oxygens (including phenoxy) is 4. The number of rotatable bonds is 13. The summed E-state index contributed by atoms with van der Waals surface area (Å²) in [5.74, 6) is 0.388. The van der Waals surface area contributed by atoms with Crippen LogP contribution in [0.25, 0.3) is 6.08 Å². The van der Waals surface area contributed by atoms with Crippen molar-refractivity contribution in [1.82, 2.24) is 5.32 Å². The van der Waals surface area contributed by atoms with Crippen LogP contribution in [0.15, 0.2) is 89.5 Å². The van der Waals surface area contributed by atoms with Crippen molar-refractivity contribution < 1.29 is 33.3 Å². The topological polar surface area (TPSA) is 124 Å². The molecule has 3 amide bonds. The molecule has 1 unspecified atom stereocenters. The average molecular weight is 690 g/mol. The molecule has 4 rings (SSSR count). The van der Waals surface area contributed by atoms with Gasteiger partial charge in [-0.05, 0) is 85.6 Å². The molecule has 0 radical (unpaired) electrons. The van der Waals surface area contributed by atoms with Crippen LogP contribution in [0, 0.1) is 6.92 Å². The first-order chi connectivity index (χ1) is 23.1. The van der Waals surface area contributed by atoms with Gasteiger partial charge >= 0.3 is 0 Å². The van der Waals surface area contributed by atoms with E-state index in [1.807, 2.05) is 6.92 Å². The largest absolute Gasteiger partial charge is 0.495 e. The summed E-state index contributed by atoms with van der Waals surface area (Å²) >= 11 is 7.54. The molecule has 0 aromatic heterocycles. The van der Waals surface area contributed by atoms with E-state index < -0.39 is 17.1 Å². The number of aryl methyl sites for hydroxylation is 1. The van der Waals surface area contributed by atoms with Gasteiger partial charge in [-0.15, -0.1) is 11.8 Å². The molecule has 0 aliphatic carbocycles. The third kappa shape index (κ3) is 9.02. The molecule has 0 fully saturated rings. The van der Waals surface area contributed by atoms with Crippen molar-refractivity contribution >= 4 is 58.5 Å². The Hall–Kier alpha value is -5.13. The average Bonchev–Trinajstić information content (AvgIpc) is 3.09. The highest BCUT2D eigenvalue weighted by Gasteiger charge is 2.20. The van der Waals surface area contributed by atoms with E-state index in [2.05, 4.69) is 16.0 Å². The summed E-state index contributed by atoms with van der Waals surface area (Å²) in [5, 5.41) is 8.55. The van der Waals surface area contributed by atoms with E-state index in [-0.39, 0.29) is 11.6 Å². The monoisotopic (exact) mass is 689 g/mol. The minimum Gasteiger partial charge on any atom is -0.495 e. The van der Waals surface area contributed by atoms with Crippen molar-refractivity contribution in [1.29, 1.82) is 0 Å². The van der Waals surface area contributed by atoms with Crippen molar-refractivity contribution in [2.45, 2.75) is 24.0 Å². The fourth-order valence-corrected chi connectivity index (χ4v) is 5.55. The third-order valence-corrected chi connectivity index (χ3v) is 8.58. The smallest absolute Gasteiger partial charge is 0.272 e. The first-order valence-electron chi connectivity index (χ1n) is 14.7. The molecule has 0 heterocycles. The van der Waals surface area contributed by atoms with E-state index in [0.717, 1.165) is 10.5 Å². The first-order valence-corrected chi connectivity index (χ1v) is 15.9. The number of benzene rings is 4. The Labute approximate surface area is 288 Å². The SMILES string of the molecule is COc1cc(Cl)c(C)cc1NC(=O)C(C)Sc1ccc(NC(=O)/C(=C/c2cc(OC)c(OC)c(OC)c2)NC(=O)c2ccccc2)cc1. The molecule has 12 heteroatoms. The molecule has 0 bridgehead atoms. The fraction of sp³-hybridized carbons (Fsp3) is 0.194. The van der Waals surface area contributed by atoms with Crippen LogP contribution < -0.4 is 34.9 Å². The lowest BCUT2D eigenvalue weighted by Gasteiger charge is -2.16. The van der Waals surface area contributed by atoms with Crippen LogP contribution in [-0.4, -0.2) is 51.4 Å². The number of carbonyl (C=O) groups is 3. The highest BCUT2D eigenvalue weighted by Crippen LogP contribution is 2.39. The number of methoxy groups -OCH3 is 4. The summed E-state index contributed by atoms with van der Waals surface area (Å²) in [6.07, 6.45) is 1.52. The minimum absolute atomic E-state index is 0.0188. The molecule has 3 N–H and O–H groups in total. The van der Waals surface area contributed by atoms with E-state index in [4.69, 9.17) is 30.5 Å². The van der Waals surface area contributed by atoms with Crippen molar-refractivity contribution in [3.05, 3.63) is 106 Å². The van der Waals surface area contributed by atoms with Crippen molar-refractivity contribution in [3.8, 4) is 23.0 Å². The van der Waals surface area contributed by atoms with Crippen LogP contribution in [0.1, 0.15) is 28.4 Å². The Balaban J connectivity index is 1.51. The number of amides is 3. The Kier molecular flexibility index (Phi) is 12.4. The maximum Gasteiger partial charge on any atom is 0.272 e. The summed E-state index contributed by atoms with van der Waals surface area (Å²) in [7, 11) is 5.98. The number of carbonyl (C=O) groups excluding carboxylic acids is 3. The van der Waals surface area contributed by atoms with E-state index in [1.54, 1.807) is 85.8 Å². The van der Waals surface area contributed by atoms with E-state index in [0.29, 0.717) is 50.5 Å². The van der Waals surface area contributed by atoms with Gasteiger partial charge in [0.05, 0.1) is 39.4 Å². The minimum atomic E-state index is -0.562. The van der Waals surface area contributed by atoms with E-state index >= 15 is 0 Å². The lowest BCUT2D eigenvalue weighted by atomic mass is 10.1. The van der Waals surface area contributed by atoms with Crippen molar-refractivity contribution in [3.63, 3.8) is 0 Å². The van der Waals surface area contributed by atoms with Crippen LogP contribution in [-0.2, 0) is 9.59 Å². The van der Waals surface area contributed by atoms with Gasteiger partial charge < -0.3 is 34.9 Å². The summed E-state index contributed by atoms with van der Waals surface area (Å²) in [5.41, 5.74) is 2.71. The Morgan fingerprint density at radius 2 is 1.42 bits per heavy atom. The van der Waals surface area contributed by atoms with Gasteiger partial charge in [-0.25, -0.2) is 0 Å². The molecule has 0 spiro atoms. The third-order valence-electron chi connectivity index (χ3n) is 7.06. The molecule has 1 atom stereocenters. The molecule has 0 saturated carbocycles. The van der Waals surface area contributed by atoms with Crippen molar-refractivity contribution in [2.24, 2.45) is 0 Å². The van der Waals surface area contributed by atoms with Crippen LogP contribution in [0.5, 0.6) is 23.0 Å². The summed E-state index contributed by atoms with van der Waals surface area (Å²) < 4.78 is 21.7. The van der Waals surface area contributed by atoms with E-state index in [1.165, 1.54) is 46.3 Å². The molecule has 250 valence electrons. The molecular formula is C36H36ClN3O7S. The number of halogens is 1. The predicted octanol–water partition coefficient (Wildman–Crippen LogP) is 7.21. The zero-order valence-corrected chi connectivity index (χ0v) is 28.9. The van der Waals surface area contributed by atoms with Gasteiger partial charge in [0.1, 0.15) is 11.4 Å². The second kappa shape index (κ2) is 16.6. The number of thioether (sulfide) groups is 1. The fourth-order valence-electron chi connectivity index (χ4n) is 4.53. The Morgan fingerprint density at radius 1 is 0.792 bits per heavy atom. The van der Waals surface area contributed by atoms with Crippen LogP contribution in [0.2, 0.25) is 5.02 Å². The molecule has 0 aliphatic rings. The Bertz CT molecular complexity index is 1790. The summed E-state index contributed by atoms with van der Waals surface area (Å²) in [6.45, 7) is 3.64. The summed E-state index contributed by atoms with van der Waals surface area (Å²) in [4.78, 5) is 40.5. The highest BCUT2D eigenvalue weighted by atomic mass is 35.5. The molecule has 0 saturated heterocycles. The van der Waals surface area contributed by atoms with Gasteiger partial charge in [-0.2, -0.15) is 0 Å². The molecule has 10 nitrogen and oxygen atoms in total. The standard InChI is InChI=1S/C36H36ClN3O7S/c1-21-16-28(30(44-3)20-27(21)37)39-34(41)22(2)48-26-14-12-25(13-15-26)38-36(43)29(40-35(42)24-10-8-7-9-11-24)17-23-18-31(45-4)33(47-6)32(19-23)46-5/h7-20,22H,1-6H3,(H,38,43)(H,39,41)(H,40,42)/b29-17-. The van der Waals surface area contributed by atoms with Crippen LogP contribution in [0.3, 0.4) is 0 Å². The lowest BCUT2D eigenvalue weighted by Crippen LogP contribution is -2.30. The molecular weight excluding hydrogens is 654 g/mol. The van der Waals surface area contributed by atoms with Gasteiger partial charge in [0.15, 0.2) is 11.5 Å². The highest BCUT2D eigenvalue weighted by molar-refractivity contribution is 8.00. The van der Waals surface area contributed by atoms with Gasteiger partial charge in [-0.1, -0.05) is 29.8 Å². The van der Waals surface area contributed by atoms with Crippen LogP contribution >= 0.6 is 23.4 Å². The number of anilines is 2. The maximum atomic E-state index is 13.6. The zero-order valence-electron chi connectivity index (χ0n) is 27.3. The van der Waals surface area contributed by atoms with E-state index in [9.17, 15) is 14.4 Å². The maximum absolute atomic E-state index is 13.6. The number of hydrogen-bond acceptors (Lipinski definition) is 8. The second-order valence-electron chi connectivity index (χ2n) is 10.4. The molecule has 48 heavy (non-hydrogen) atoms. The number of nitrogens with one attached hydrogen (secondary N) is 3. The van der Waals surface area contributed by atoms with Crippen LogP contribution in [0.4, 0.5) is 11.4 Å². The molecule has 0 aliphatic heterocycles. The normalized spacial score (nSPS) is 11.6. The van der Waals surface area contributed by atoms with Gasteiger partial charge in [0.2, 0.25) is 11.7 Å². The van der Waals surface area contributed by atoms with Gasteiger partial charge in [0.25, 0.3) is 11.8 Å². The summed E-state index contributed by atoms with van der Waals surface area (Å²) in [6, 6.07) is 22.3.